The third kappa shape index (κ3) is 4.59. The fourth-order valence-corrected chi connectivity index (χ4v) is 4.16. The molecule has 0 radical (unpaired) electrons. The zero-order valence-electron chi connectivity index (χ0n) is 17.5. The van der Waals surface area contributed by atoms with Crippen molar-refractivity contribution in [2.24, 2.45) is 0 Å². The van der Waals surface area contributed by atoms with E-state index >= 15 is 0 Å². The lowest BCUT2D eigenvalue weighted by molar-refractivity contribution is -0.384. The molecular formula is C20H20N4O7S. The number of aromatic nitrogens is 2. The average Bonchev–Trinajstić information content (AvgIpc) is 3.28. The highest BCUT2D eigenvalue weighted by Gasteiger charge is 2.27. The van der Waals surface area contributed by atoms with Crippen molar-refractivity contribution < 1.29 is 28.8 Å². The molecule has 0 atom stereocenters. The molecule has 12 heteroatoms. The lowest BCUT2D eigenvalue weighted by Crippen LogP contribution is -2.20. The van der Waals surface area contributed by atoms with Gasteiger partial charge in [-0.1, -0.05) is 0 Å². The Bertz CT molecular complexity index is 1210. The lowest BCUT2D eigenvalue weighted by Gasteiger charge is -2.08. The molecule has 32 heavy (non-hydrogen) atoms. The molecule has 1 aromatic carbocycles. The van der Waals surface area contributed by atoms with Crippen LogP contribution in [0, 0.1) is 17.0 Å². The maximum Gasteiger partial charge on any atom is 0.348 e. The summed E-state index contributed by atoms with van der Waals surface area (Å²) < 4.78 is 11.5. The van der Waals surface area contributed by atoms with Gasteiger partial charge in [0.25, 0.3) is 5.69 Å². The van der Waals surface area contributed by atoms with Crippen LogP contribution in [0.25, 0.3) is 10.9 Å². The molecule has 168 valence electrons. The number of nitro groups is 1. The van der Waals surface area contributed by atoms with Gasteiger partial charge in [0.1, 0.15) is 16.4 Å². The summed E-state index contributed by atoms with van der Waals surface area (Å²) >= 11 is 0.926. The number of hydrogen-bond acceptors (Lipinski definition) is 9. The van der Waals surface area contributed by atoms with E-state index in [0.717, 1.165) is 11.3 Å². The van der Waals surface area contributed by atoms with Crippen LogP contribution in [0.5, 0.6) is 0 Å². The van der Waals surface area contributed by atoms with Crippen molar-refractivity contribution in [1.82, 2.24) is 9.78 Å². The number of rotatable bonds is 8. The minimum absolute atomic E-state index is 0.0823. The summed E-state index contributed by atoms with van der Waals surface area (Å²) in [6.45, 7) is 4.97. The minimum atomic E-state index is -0.663. The number of hydrogen-bond donors (Lipinski definition) is 1. The van der Waals surface area contributed by atoms with Crippen LogP contribution in [0.2, 0.25) is 0 Å². The number of ether oxygens (including phenoxy) is 2. The van der Waals surface area contributed by atoms with E-state index in [1.165, 1.54) is 29.1 Å². The van der Waals surface area contributed by atoms with E-state index in [0.29, 0.717) is 16.5 Å². The van der Waals surface area contributed by atoms with E-state index in [-0.39, 0.29) is 40.9 Å². The van der Waals surface area contributed by atoms with Gasteiger partial charge in [0, 0.05) is 17.5 Å². The lowest BCUT2D eigenvalue weighted by atomic mass is 10.1. The van der Waals surface area contributed by atoms with Crippen LogP contribution in [0.3, 0.4) is 0 Å². The number of benzene rings is 1. The van der Waals surface area contributed by atoms with Crippen LogP contribution in [0.15, 0.2) is 24.4 Å². The van der Waals surface area contributed by atoms with Gasteiger partial charge in [-0.25, -0.2) is 9.59 Å². The quantitative estimate of drug-likeness (QED) is 0.306. The Morgan fingerprint density at radius 3 is 2.53 bits per heavy atom. The molecule has 0 fully saturated rings. The predicted molar refractivity (Wildman–Crippen MR) is 116 cm³/mol. The van der Waals surface area contributed by atoms with Gasteiger partial charge in [-0.3, -0.25) is 19.6 Å². The zero-order valence-corrected chi connectivity index (χ0v) is 18.4. The van der Waals surface area contributed by atoms with Gasteiger partial charge in [-0.2, -0.15) is 5.10 Å². The number of nitro benzene ring substituents is 1. The number of nitrogens with one attached hydrogen (secondary N) is 1. The molecule has 0 unspecified atom stereocenters. The maximum atomic E-state index is 12.7. The van der Waals surface area contributed by atoms with Gasteiger partial charge in [0.05, 0.1) is 35.4 Å². The second-order valence-corrected chi connectivity index (χ2v) is 7.57. The molecule has 0 aliphatic carbocycles. The largest absolute Gasteiger partial charge is 0.462 e. The van der Waals surface area contributed by atoms with Crippen molar-refractivity contribution >= 4 is 50.8 Å². The number of anilines is 1. The molecule has 0 saturated heterocycles. The molecule has 0 aliphatic heterocycles. The van der Waals surface area contributed by atoms with Crippen molar-refractivity contribution in [3.63, 3.8) is 0 Å². The Kier molecular flexibility index (Phi) is 6.83. The van der Waals surface area contributed by atoms with Gasteiger partial charge in [-0.15, -0.1) is 11.3 Å². The van der Waals surface area contributed by atoms with E-state index in [2.05, 4.69) is 10.4 Å². The number of thiophene rings is 1. The molecule has 1 N–H and O–H groups in total. The number of amides is 1. The average molecular weight is 460 g/mol. The van der Waals surface area contributed by atoms with Gasteiger partial charge < -0.3 is 14.8 Å². The molecule has 1 amide bonds. The topological polar surface area (TPSA) is 143 Å². The summed E-state index contributed by atoms with van der Waals surface area (Å²) in [5.74, 6) is -1.76. The van der Waals surface area contributed by atoms with Crippen molar-refractivity contribution in [2.45, 2.75) is 27.3 Å². The first-order chi connectivity index (χ1) is 15.3. The Morgan fingerprint density at radius 2 is 1.88 bits per heavy atom. The highest BCUT2D eigenvalue weighted by molar-refractivity contribution is 7.18. The molecule has 3 rings (SSSR count). The standard InChI is InChI=1S/C20H20N4O7S/c1-4-30-19(26)16-11(3)17(20(27)31-5-2)32-18(16)22-15(25)10-23-14-7-6-13(24(28)29)8-12(14)9-21-23/h6-9H,4-5,10H2,1-3H3,(H,22,25). The third-order valence-electron chi connectivity index (χ3n) is 4.47. The van der Waals surface area contributed by atoms with Crippen LogP contribution in [-0.2, 0) is 20.8 Å². The zero-order chi connectivity index (χ0) is 23.4. The maximum absolute atomic E-state index is 12.7. The molecule has 0 saturated carbocycles. The van der Waals surface area contributed by atoms with E-state index in [1.807, 2.05) is 0 Å². The van der Waals surface area contributed by atoms with Crippen LogP contribution >= 0.6 is 11.3 Å². The molecule has 2 aromatic heterocycles. The number of fused-ring (bicyclic) bond motifs is 1. The molecule has 0 bridgehead atoms. The van der Waals surface area contributed by atoms with Crippen LogP contribution < -0.4 is 5.32 Å². The summed E-state index contributed by atoms with van der Waals surface area (Å²) in [4.78, 5) is 48.0. The second kappa shape index (κ2) is 9.56. The predicted octanol–water partition coefficient (Wildman–Crippen LogP) is 3.31. The Hall–Kier alpha value is -3.80. The van der Waals surface area contributed by atoms with E-state index in [9.17, 15) is 24.5 Å². The normalized spacial score (nSPS) is 10.7. The van der Waals surface area contributed by atoms with Crippen LogP contribution in [0.4, 0.5) is 10.7 Å². The number of carbonyl (C=O) groups is 3. The van der Waals surface area contributed by atoms with Crippen LogP contribution in [-0.4, -0.2) is 45.8 Å². The SMILES string of the molecule is CCOC(=O)c1sc(NC(=O)Cn2ncc3cc([N+](=O)[O-])ccc32)c(C(=O)OCC)c1C. The Morgan fingerprint density at radius 1 is 1.19 bits per heavy atom. The summed E-state index contributed by atoms with van der Waals surface area (Å²) in [6.07, 6.45) is 1.42. The molecule has 0 aliphatic rings. The summed E-state index contributed by atoms with van der Waals surface area (Å²) in [5, 5.41) is 18.4. The number of esters is 2. The summed E-state index contributed by atoms with van der Waals surface area (Å²) in [6, 6.07) is 4.20. The molecule has 2 heterocycles. The van der Waals surface area contributed by atoms with E-state index in [4.69, 9.17) is 9.47 Å². The third-order valence-corrected chi connectivity index (χ3v) is 5.66. The van der Waals surface area contributed by atoms with Gasteiger partial charge in [0.15, 0.2) is 0 Å². The number of non-ortho nitro benzene ring substituents is 1. The highest BCUT2D eigenvalue weighted by atomic mass is 32.1. The van der Waals surface area contributed by atoms with Crippen molar-refractivity contribution in [2.75, 3.05) is 18.5 Å². The molecule has 11 nitrogen and oxygen atoms in total. The van der Waals surface area contributed by atoms with Gasteiger partial charge in [-0.05, 0) is 32.4 Å². The summed E-state index contributed by atoms with van der Waals surface area (Å²) in [5.41, 5.74) is 0.903. The molecule has 3 aromatic rings. The van der Waals surface area contributed by atoms with E-state index < -0.39 is 22.8 Å². The molecular weight excluding hydrogens is 440 g/mol. The second-order valence-electron chi connectivity index (χ2n) is 6.55. The van der Waals surface area contributed by atoms with Crippen LogP contribution in [0.1, 0.15) is 39.4 Å². The minimum Gasteiger partial charge on any atom is -0.462 e. The van der Waals surface area contributed by atoms with Crippen molar-refractivity contribution in [1.29, 1.82) is 0 Å². The Balaban J connectivity index is 1.87. The van der Waals surface area contributed by atoms with Gasteiger partial charge in [0.2, 0.25) is 5.91 Å². The van der Waals surface area contributed by atoms with Crippen molar-refractivity contribution in [3.8, 4) is 0 Å². The van der Waals surface area contributed by atoms with E-state index in [1.54, 1.807) is 20.8 Å². The first kappa shape index (κ1) is 22.9. The fraction of sp³-hybridized carbons (Fsp3) is 0.300. The highest BCUT2D eigenvalue weighted by Crippen LogP contribution is 2.34. The summed E-state index contributed by atoms with van der Waals surface area (Å²) in [7, 11) is 0. The number of nitrogens with zero attached hydrogens (tertiary/aromatic N) is 3. The van der Waals surface area contributed by atoms with Gasteiger partial charge >= 0.3 is 11.9 Å². The first-order valence-electron chi connectivity index (χ1n) is 9.64. The smallest absolute Gasteiger partial charge is 0.348 e. The first-order valence-corrected chi connectivity index (χ1v) is 10.5. The monoisotopic (exact) mass is 460 g/mol. The number of carbonyl (C=O) groups excluding carboxylic acids is 3. The fourth-order valence-electron chi connectivity index (χ4n) is 3.06. The Labute approximate surface area is 186 Å². The molecule has 0 spiro atoms. The van der Waals surface area contributed by atoms with Crippen molar-refractivity contribution in [3.05, 3.63) is 50.5 Å².